The molecule has 0 N–H and O–H groups in total. The van der Waals surface area contributed by atoms with Crippen molar-refractivity contribution in [2.75, 3.05) is 21.3 Å². The van der Waals surface area contributed by atoms with Crippen molar-refractivity contribution < 1.29 is 33.3 Å². The molecule has 1 heterocycles. The quantitative estimate of drug-likeness (QED) is 0.470. The molecule has 0 aromatic heterocycles. The second-order valence-electron chi connectivity index (χ2n) is 5.91. The number of esters is 2. The predicted molar refractivity (Wildman–Crippen MR) is 87.5 cm³/mol. The van der Waals surface area contributed by atoms with E-state index in [4.69, 9.17) is 23.7 Å². The van der Waals surface area contributed by atoms with Gasteiger partial charge in [-0.05, 0) is 36.6 Å². The van der Waals surface area contributed by atoms with Crippen molar-refractivity contribution in [3.05, 3.63) is 23.3 Å². The third-order valence-electron chi connectivity index (χ3n) is 4.36. The van der Waals surface area contributed by atoms with Gasteiger partial charge in [-0.3, -0.25) is 0 Å². The molecule has 1 aromatic carbocycles. The molecule has 2 fully saturated rings. The molecule has 0 radical (unpaired) electrons. The molecule has 2 aliphatic rings. The van der Waals surface area contributed by atoms with E-state index < -0.39 is 17.7 Å². The summed E-state index contributed by atoms with van der Waals surface area (Å²) in [5.41, 5.74) is 0.368. The first-order valence-electron chi connectivity index (χ1n) is 8.00. The summed E-state index contributed by atoms with van der Waals surface area (Å²) in [6.07, 6.45) is 4.22. The van der Waals surface area contributed by atoms with Gasteiger partial charge in [-0.25, -0.2) is 9.59 Å². The second-order valence-corrected chi connectivity index (χ2v) is 5.91. The first-order chi connectivity index (χ1) is 12.0. The fourth-order valence-electron chi connectivity index (χ4n) is 3.14. The lowest BCUT2D eigenvalue weighted by atomic mass is 10.1. The largest absolute Gasteiger partial charge is 0.493 e. The molecule has 1 saturated heterocycles. The highest BCUT2D eigenvalue weighted by atomic mass is 16.7. The molecule has 3 rings (SSSR count). The van der Waals surface area contributed by atoms with Gasteiger partial charge in [0.1, 0.15) is 5.57 Å². The van der Waals surface area contributed by atoms with Crippen LogP contribution < -0.4 is 14.2 Å². The third-order valence-corrected chi connectivity index (χ3v) is 4.36. The highest BCUT2D eigenvalue weighted by Gasteiger charge is 2.47. The fourth-order valence-corrected chi connectivity index (χ4v) is 3.14. The first kappa shape index (κ1) is 17.1. The smallest absolute Gasteiger partial charge is 0.348 e. The Hall–Kier alpha value is -2.70. The van der Waals surface area contributed by atoms with Crippen LogP contribution in [0.15, 0.2) is 17.7 Å². The molecule has 25 heavy (non-hydrogen) atoms. The van der Waals surface area contributed by atoms with Crippen LogP contribution in [0.1, 0.15) is 31.2 Å². The zero-order valence-corrected chi connectivity index (χ0v) is 14.4. The topological polar surface area (TPSA) is 80.3 Å². The molecule has 1 spiro atoms. The number of rotatable bonds is 4. The summed E-state index contributed by atoms with van der Waals surface area (Å²) in [6.45, 7) is 0. The van der Waals surface area contributed by atoms with Gasteiger partial charge in [0.25, 0.3) is 5.79 Å². The minimum Gasteiger partial charge on any atom is -0.493 e. The predicted octanol–water partition coefficient (Wildman–Crippen LogP) is 2.47. The van der Waals surface area contributed by atoms with Gasteiger partial charge in [0, 0.05) is 12.8 Å². The standard InChI is InChI=1S/C18H20O7/c1-21-13-9-11(10-14(22-2)15(13)23-3)8-12-16(19)24-18(25-17(12)20)6-4-5-7-18/h8-10H,4-7H2,1-3H3. The zero-order valence-electron chi connectivity index (χ0n) is 14.4. The van der Waals surface area contributed by atoms with E-state index in [1.165, 1.54) is 27.4 Å². The van der Waals surface area contributed by atoms with E-state index in [1.54, 1.807) is 12.1 Å². The minimum atomic E-state index is -1.08. The number of benzene rings is 1. The van der Waals surface area contributed by atoms with Crippen molar-refractivity contribution in [2.24, 2.45) is 0 Å². The Morgan fingerprint density at radius 2 is 1.44 bits per heavy atom. The number of methoxy groups -OCH3 is 3. The summed E-state index contributed by atoms with van der Waals surface area (Å²) in [4.78, 5) is 24.6. The summed E-state index contributed by atoms with van der Waals surface area (Å²) in [7, 11) is 4.47. The van der Waals surface area contributed by atoms with Gasteiger partial charge in [-0.1, -0.05) is 0 Å². The Kier molecular flexibility index (Phi) is 4.57. The Morgan fingerprint density at radius 3 is 1.88 bits per heavy atom. The lowest BCUT2D eigenvalue weighted by Gasteiger charge is -2.32. The molecule has 0 bridgehead atoms. The molecule has 1 saturated carbocycles. The normalized spacial score (nSPS) is 18.6. The highest BCUT2D eigenvalue weighted by molar-refractivity contribution is 6.19. The summed E-state index contributed by atoms with van der Waals surface area (Å²) in [5.74, 6) is -1.18. The lowest BCUT2D eigenvalue weighted by molar-refractivity contribution is -0.232. The van der Waals surface area contributed by atoms with Gasteiger partial charge in [0.2, 0.25) is 5.75 Å². The van der Waals surface area contributed by atoms with Gasteiger partial charge in [-0.2, -0.15) is 0 Å². The summed E-state index contributed by atoms with van der Waals surface area (Å²) >= 11 is 0. The highest BCUT2D eigenvalue weighted by Crippen LogP contribution is 2.41. The van der Waals surface area contributed by atoms with Crippen molar-refractivity contribution in [1.82, 2.24) is 0 Å². The minimum absolute atomic E-state index is 0.160. The Labute approximate surface area is 145 Å². The van der Waals surface area contributed by atoms with E-state index >= 15 is 0 Å². The fraction of sp³-hybridized carbons (Fsp3) is 0.444. The van der Waals surface area contributed by atoms with Gasteiger partial charge in [0.15, 0.2) is 11.5 Å². The number of carbonyl (C=O) groups is 2. The van der Waals surface area contributed by atoms with E-state index in [0.717, 1.165) is 12.8 Å². The van der Waals surface area contributed by atoms with Crippen LogP contribution in [0, 0.1) is 0 Å². The number of ether oxygens (including phenoxy) is 5. The molecule has 1 aliphatic heterocycles. The van der Waals surface area contributed by atoms with Gasteiger partial charge < -0.3 is 23.7 Å². The van der Waals surface area contributed by atoms with Crippen molar-refractivity contribution in [1.29, 1.82) is 0 Å². The molecule has 134 valence electrons. The van der Waals surface area contributed by atoms with Crippen LogP contribution in [-0.2, 0) is 19.1 Å². The number of carbonyl (C=O) groups excluding carboxylic acids is 2. The Bertz CT molecular complexity index is 682. The molecule has 1 aromatic rings. The van der Waals surface area contributed by atoms with Crippen LogP contribution in [0.3, 0.4) is 0 Å². The van der Waals surface area contributed by atoms with E-state index in [9.17, 15) is 9.59 Å². The first-order valence-corrected chi connectivity index (χ1v) is 8.00. The van der Waals surface area contributed by atoms with Crippen molar-refractivity contribution in [2.45, 2.75) is 31.5 Å². The van der Waals surface area contributed by atoms with E-state index in [-0.39, 0.29) is 5.57 Å². The Balaban J connectivity index is 1.95. The SMILES string of the molecule is COc1cc(C=C2C(=O)OC3(CCCC3)OC2=O)cc(OC)c1OC. The third kappa shape index (κ3) is 3.14. The van der Waals surface area contributed by atoms with E-state index in [0.29, 0.717) is 35.7 Å². The molecule has 7 heteroatoms. The molecule has 0 amide bonds. The zero-order chi connectivity index (χ0) is 18.0. The van der Waals surface area contributed by atoms with Crippen LogP contribution in [0.25, 0.3) is 6.08 Å². The summed E-state index contributed by atoms with van der Waals surface area (Å²) in [6, 6.07) is 3.27. The molecule has 0 unspecified atom stereocenters. The van der Waals surface area contributed by atoms with Gasteiger partial charge in [0.05, 0.1) is 21.3 Å². The van der Waals surface area contributed by atoms with E-state index in [2.05, 4.69) is 0 Å². The molecular formula is C18H20O7. The second kappa shape index (κ2) is 6.66. The number of hydrogen-bond donors (Lipinski definition) is 0. The molecular weight excluding hydrogens is 328 g/mol. The van der Waals surface area contributed by atoms with Crippen molar-refractivity contribution >= 4 is 18.0 Å². The van der Waals surface area contributed by atoms with Crippen LogP contribution in [0.4, 0.5) is 0 Å². The van der Waals surface area contributed by atoms with Crippen LogP contribution >= 0.6 is 0 Å². The van der Waals surface area contributed by atoms with Gasteiger partial charge >= 0.3 is 11.9 Å². The average Bonchev–Trinajstić information content (AvgIpc) is 3.04. The maximum absolute atomic E-state index is 12.3. The van der Waals surface area contributed by atoms with E-state index in [1.807, 2.05) is 0 Å². The van der Waals surface area contributed by atoms with Crippen molar-refractivity contribution in [3.8, 4) is 17.2 Å². The summed E-state index contributed by atoms with van der Waals surface area (Å²) in [5, 5.41) is 0. The molecule has 1 aliphatic carbocycles. The van der Waals surface area contributed by atoms with Crippen molar-refractivity contribution in [3.63, 3.8) is 0 Å². The van der Waals surface area contributed by atoms with Gasteiger partial charge in [-0.15, -0.1) is 0 Å². The van der Waals surface area contributed by atoms with Crippen LogP contribution in [-0.4, -0.2) is 39.1 Å². The number of hydrogen-bond acceptors (Lipinski definition) is 7. The average molecular weight is 348 g/mol. The Morgan fingerprint density at radius 1 is 0.920 bits per heavy atom. The van der Waals surface area contributed by atoms with Crippen LogP contribution in [0.5, 0.6) is 17.2 Å². The molecule has 0 atom stereocenters. The summed E-state index contributed by atoms with van der Waals surface area (Å²) < 4.78 is 26.6. The monoisotopic (exact) mass is 348 g/mol. The maximum atomic E-state index is 12.3. The molecule has 7 nitrogen and oxygen atoms in total. The van der Waals surface area contributed by atoms with Crippen LogP contribution in [0.2, 0.25) is 0 Å². The maximum Gasteiger partial charge on any atom is 0.348 e. The lowest BCUT2D eigenvalue weighted by Crippen LogP contribution is -2.44.